The molecule has 8 heteroatoms. The monoisotopic (exact) mass is 319 g/mol. The lowest BCUT2D eigenvalue weighted by Gasteiger charge is -2.09. The summed E-state index contributed by atoms with van der Waals surface area (Å²) < 4.78 is 18.4. The van der Waals surface area contributed by atoms with Crippen LogP contribution in [0, 0.1) is 22.9 Å². The second-order valence-corrected chi connectivity index (χ2v) is 4.73. The van der Waals surface area contributed by atoms with Gasteiger partial charge in [-0.25, -0.2) is 14.2 Å². The van der Waals surface area contributed by atoms with E-state index in [1.165, 1.54) is 31.5 Å². The zero-order valence-corrected chi connectivity index (χ0v) is 12.5. The van der Waals surface area contributed by atoms with Gasteiger partial charge in [-0.15, -0.1) is 0 Å². The van der Waals surface area contributed by atoms with E-state index in [-0.39, 0.29) is 29.2 Å². The Morgan fingerprint density at radius 2 is 2.17 bits per heavy atom. The Morgan fingerprint density at radius 3 is 2.83 bits per heavy atom. The molecule has 1 N–H and O–H groups in total. The van der Waals surface area contributed by atoms with Gasteiger partial charge in [0.25, 0.3) is 0 Å². The fraction of sp³-hybridized carbons (Fsp3) is 0.200. The fourth-order valence-electron chi connectivity index (χ4n) is 2.04. The maximum Gasteiger partial charge on any atom is 0.337 e. The molecule has 2 rings (SSSR count). The lowest BCUT2D eigenvalue weighted by atomic mass is 10.1. The van der Waals surface area contributed by atoms with Gasteiger partial charge in [-0.2, -0.15) is 0 Å². The summed E-state index contributed by atoms with van der Waals surface area (Å²) in [4.78, 5) is 25.9. The van der Waals surface area contributed by atoms with Crippen molar-refractivity contribution in [1.82, 2.24) is 4.98 Å². The minimum atomic E-state index is -0.592. The number of carbonyl (C=O) groups is 1. The van der Waals surface area contributed by atoms with Crippen molar-refractivity contribution in [3.8, 4) is 0 Å². The van der Waals surface area contributed by atoms with Crippen molar-refractivity contribution in [3.05, 3.63) is 63.1 Å². The molecule has 0 aliphatic carbocycles. The first-order chi connectivity index (χ1) is 10.9. The number of anilines is 1. The highest BCUT2D eigenvalue weighted by Gasteiger charge is 2.19. The quantitative estimate of drug-likeness (QED) is 0.517. The van der Waals surface area contributed by atoms with Gasteiger partial charge < -0.3 is 10.1 Å². The molecule has 0 bridgehead atoms. The van der Waals surface area contributed by atoms with Gasteiger partial charge >= 0.3 is 11.7 Å². The fourth-order valence-corrected chi connectivity index (χ4v) is 2.04. The van der Waals surface area contributed by atoms with Gasteiger partial charge in [-0.05, 0) is 31.2 Å². The summed E-state index contributed by atoms with van der Waals surface area (Å²) in [5.41, 5.74) is 0.635. The molecule has 0 fully saturated rings. The van der Waals surface area contributed by atoms with Gasteiger partial charge in [0, 0.05) is 23.9 Å². The molecule has 0 aliphatic heterocycles. The van der Waals surface area contributed by atoms with E-state index in [0.29, 0.717) is 5.56 Å². The topological polar surface area (TPSA) is 94.4 Å². The van der Waals surface area contributed by atoms with Crippen LogP contribution in [-0.2, 0) is 11.3 Å². The number of benzene rings is 1. The van der Waals surface area contributed by atoms with Gasteiger partial charge in [0.05, 0.1) is 17.6 Å². The number of esters is 1. The number of hydrogen-bond donors (Lipinski definition) is 1. The van der Waals surface area contributed by atoms with E-state index in [1.54, 1.807) is 6.92 Å². The van der Waals surface area contributed by atoms with Crippen LogP contribution in [-0.4, -0.2) is 23.0 Å². The lowest BCUT2D eigenvalue weighted by Crippen LogP contribution is -2.09. The third kappa shape index (κ3) is 3.60. The Hall–Kier alpha value is -3.03. The maximum atomic E-state index is 13.8. The SMILES string of the molecule is COC(=O)c1ccc(F)c(CNc2nccc(C)c2[N+](=O)[O-])c1. The average molecular weight is 319 g/mol. The number of carbonyl (C=O) groups excluding carboxylic acids is 1. The van der Waals surface area contributed by atoms with E-state index in [4.69, 9.17) is 0 Å². The zero-order valence-electron chi connectivity index (χ0n) is 12.5. The molecular formula is C15H14FN3O4. The number of aromatic nitrogens is 1. The van der Waals surface area contributed by atoms with Gasteiger partial charge in [0.1, 0.15) is 5.82 Å². The molecule has 0 amide bonds. The van der Waals surface area contributed by atoms with Crippen LogP contribution in [0.4, 0.5) is 15.9 Å². The number of ether oxygens (including phenoxy) is 1. The van der Waals surface area contributed by atoms with E-state index in [2.05, 4.69) is 15.0 Å². The first-order valence-corrected chi connectivity index (χ1v) is 6.64. The number of halogens is 1. The first kappa shape index (κ1) is 16.3. The minimum absolute atomic E-state index is 0.0397. The number of hydrogen-bond acceptors (Lipinski definition) is 6. The normalized spacial score (nSPS) is 10.2. The standard InChI is InChI=1S/C15H14FN3O4/c1-9-5-6-17-14(13(9)19(21)22)18-8-11-7-10(15(20)23-2)3-4-12(11)16/h3-7H,8H2,1-2H3,(H,17,18). The summed E-state index contributed by atoms with van der Waals surface area (Å²) in [5, 5.41) is 13.8. The second-order valence-electron chi connectivity index (χ2n) is 4.73. The number of nitrogens with zero attached hydrogens (tertiary/aromatic N) is 2. The van der Waals surface area contributed by atoms with Crippen molar-refractivity contribution in [3.63, 3.8) is 0 Å². The van der Waals surface area contributed by atoms with Crippen LogP contribution in [0.3, 0.4) is 0 Å². The van der Waals surface area contributed by atoms with Crippen LogP contribution in [0.15, 0.2) is 30.5 Å². The average Bonchev–Trinajstić information content (AvgIpc) is 2.53. The zero-order chi connectivity index (χ0) is 17.0. The summed E-state index contributed by atoms with van der Waals surface area (Å²) in [6, 6.07) is 5.29. The largest absolute Gasteiger partial charge is 0.465 e. The Morgan fingerprint density at radius 1 is 1.43 bits per heavy atom. The van der Waals surface area contributed by atoms with E-state index in [1.807, 2.05) is 0 Å². The third-order valence-electron chi connectivity index (χ3n) is 3.22. The summed E-state index contributed by atoms with van der Waals surface area (Å²) >= 11 is 0. The predicted molar refractivity (Wildman–Crippen MR) is 80.7 cm³/mol. The van der Waals surface area contributed by atoms with Crippen LogP contribution >= 0.6 is 0 Å². The number of methoxy groups -OCH3 is 1. The molecule has 7 nitrogen and oxygen atoms in total. The van der Waals surface area contributed by atoms with Crippen LogP contribution in [0.25, 0.3) is 0 Å². The number of pyridine rings is 1. The molecule has 0 radical (unpaired) electrons. The smallest absolute Gasteiger partial charge is 0.337 e. The highest BCUT2D eigenvalue weighted by Crippen LogP contribution is 2.26. The predicted octanol–water partition coefficient (Wildman–Crippen LogP) is 2.84. The van der Waals surface area contributed by atoms with E-state index < -0.39 is 16.7 Å². The van der Waals surface area contributed by atoms with Crippen molar-refractivity contribution in [2.75, 3.05) is 12.4 Å². The molecule has 0 aliphatic rings. The van der Waals surface area contributed by atoms with Crippen molar-refractivity contribution in [1.29, 1.82) is 0 Å². The van der Waals surface area contributed by atoms with Crippen LogP contribution in [0.2, 0.25) is 0 Å². The maximum absolute atomic E-state index is 13.8. The van der Waals surface area contributed by atoms with Crippen molar-refractivity contribution < 1.29 is 18.8 Å². The van der Waals surface area contributed by atoms with Crippen LogP contribution in [0.1, 0.15) is 21.5 Å². The van der Waals surface area contributed by atoms with Gasteiger partial charge in [-0.3, -0.25) is 10.1 Å². The van der Waals surface area contributed by atoms with Gasteiger partial charge in [0.2, 0.25) is 5.82 Å². The first-order valence-electron chi connectivity index (χ1n) is 6.64. The second kappa shape index (κ2) is 6.82. The number of aryl methyl sites for hydroxylation is 1. The highest BCUT2D eigenvalue weighted by molar-refractivity contribution is 5.89. The Balaban J connectivity index is 2.27. The number of nitro groups is 1. The Bertz CT molecular complexity index is 764. The van der Waals surface area contributed by atoms with Crippen molar-refractivity contribution in [2.45, 2.75) is 13.5 Å². The van der Waals surface area contributed by atoms with Crippen LogP contribution in [0.5, 0.6) is 0 Å². The molecule has 1 aromatic heterocycles. The van der Waals surface area contributed by atoms with Gasteiger partial charge in [0.15, 0.2) is 0 Å². The summed E-state index contributed by atoms with van der Waals surface area (Å²) in [6.45, 7) is 1.53. The highest BCUT2D eigenvalue weighted by atomic mass is 19.1. The molecule has 1 heterocycles. The number of rotatable bonds is 5. The molecule has 120 valence electrons. The minimum Gasteiger partial charge on any atom is -0.465 e. The molecule has 0 saturated heterocycles. The molecule has 0 spiro atoms. The molecule has 23 heavy (non-hydrogen) atoms. The van der Waals surface area contributed by atoms with Crippen molar-refractivity contribution in [2.24, 2.45) is 0 Å². The molecule has 1 aromatic carbocycles. The third-order valence-corrected chi connectivity index (χ3v) is 3.22. The molecule has 2 aromatic rings. The van der Waals surface area contributed by atoms with Crippen molar-refractivity contribution >= 4 is 17.5 Å². The van der Waals surface area contributed by atoms with E-state index in [0.717, 1.165) is 6.07 Å². The van der Waals surface area contributed by atoms with E-state index >= 15 is 0 Å². The summed E-state index contributed by atoms with van der Waals surface area (Å²) in [6.07, 6.45) is 1.42. The lowest BCUT2D eigenvalue weighted by molar-refractivity contribution is -0.384. The molecule has 0 unspecified atom stereocenters. The number of nitrogens with one attached hydrogen (secondary N) is 1. The van der Waals surface area contributed by atoms with E-state index in [9.17, 15) is 19.3 Å². The Labute approximate surface area is 131 Å². The summed E-state index contributed by atoms with van der Waals surface area (Å²) in [5.74, 6) is -1.09. The van der Waals surface area contributed by atoms with Crippen LogP contribution < -0.4 is 5.32 Å². The molecule has 0 atom stereocenters. The van der Waals surface area contributed by atoms with Gasteiger partial charge in [-0.1, -0.05) is 0 Å². The summed E-state index contributed by atoms with van der Waals surface area (Å²) in [7, 11) is 1.23. The molecule has 0 saturated carbocycles. The Kier molecular flexibility index (Phi) is 4.85. The molecular weight excluding hydrogens is 305 g/mol.